The van der Waals surface area contributed by atoms with Gasteiger partial charge in [-0.2, -0.15) is 0 Å². The Kier molecular flexibility index (Phi) is 6.75. The molecule has 3 N–H and O–H groups in total. The summed E-state index contributed by atoms with van der Waals surface area (Å²) >= 11 is 0. The molecule has 0 aromatic carbocycles. The van der Waals surface area contributed by atoms with Crippen LogP contribution in [0.1, 0.15) is 33.1 Å². The van der Waals surface area contributed by atoms with Gasteiger partial charge in [0, 0.05) is 20.2 Å². The van der Waals surface area contributed by atoms with Crippen molar-refractivity contribution in [2.24, 2.45) is 11.7 Å². The molecule has 0 bridgehead atoms. The molecule has 19 heavy (non-hydrogen) atoms. The van der Waals surface area contributed by atoms with E-state index in [1.165, 1.54) is 12.8 Å². The van der Waals surface area contributed by atoms with E-state index in [2.05, 4.69) is 10.2 Å². The zero-order valence-corrected chi connectivity index (χ0v) is 12.6. The standard InChI is InChI=1S/C14H29N3O2/c1-4-16-14(2,13(15)18)7-9-17-8-5-6-12(10-17)11-19-3/h12,16H,4-11H2,1-3H3,(H2,15,18). The van der Waals surface area contributed by atoms with Crippen molar-refractivity contribution in [3.8, 4) is 0 Å². The number of nitrogens with zero attached hydrogens (tertiary/aromatic N) is 1. The van der Waals surface area contributed by atoms with Crippen molar-refractivity contribution >= 4 is 5.91 Å². The van der Waals surface area contributed by atoms with E-state index in [1.54, 1.807) is 7.11 Å². The molecule has 112 valence electrons. The molecule has 5 heteroatoms. The minimum absolute atomic E-state index is 0.264. The van der Waals surface area contributed by atoms with Crippen molar-refractivity contribution in [1.82, 2.24) is 10.2 Å². The molecule has 0 radical (unpaired) electrons. The van der Waals surface area contributed by atoms with Crippen LogP contribution in [0.25, 0.3) is 0 Å². The van der Waals surface area contributed by atoms with Crippen molar-refractivity contribution in [2.45, 2.75) is 38.6 Å². The Morgan fingerprint density at radius 1 is 1.58 bits per heavy atom. The minimum atomic E-state index is -0.594. The van der Waals surface area contributed by atoms with Gasteiger partial charge in [0.1, 0.15) is 0 Å². The number of rotatable bonds is 8. The first-order valence-electron chi connectivity index (χ1n) is 7.28. The van der Waals surface area contributed by atoms with Crippen LogP contribution in [0.2, 0.25) is 0 Å². The highest BCUT2D eigenvalue weighted by Gasteiger charge is 2.31. The second-order valence-electron chi connectivity index (χ2n) is 5.74. The molecule has 5 nitrogen and oxygen atoms in total. The molecule has 0 aliphatic carbocycles. The number of nitrogens with two attached hydrogens (primary N) is 1. The van der Waals surface area contributed by atoms with E-state index in [1.807, 2.05) is 13.8 Å². The fourth-order valence-electron chi connectivity index (χ4n) is 2.80. The Bertz CT molecular complexity index is 284. The largest absolute Gasteiger partial charge is 0.384 e. The summed E-state index contributed by atoms with van der Waals surface area (Å²) in [7, 11) is 1.76. The van der Waals surface area contributed by atoms with Gasteiger partial charge in [-0.15, -0.1) is 0 Å². The van der Waals surface area contributed by atoms with E-state index in [-0.39, 0.29) is 5.91 Å². The van der Waals surface area contributed by atoms with E-state index in [4.69, 9.17) is 10.5 Å². The van der Waals surface area contributed by atoms with Gasteiger partial charge >= 0.3 is 0 Å². The monoisotopic (exact) mass is 271 g/mol. The third-order valence-electron chi connectivity index (χ3n) is 4.04. The lowest BCUT2D eigenvalue weighted by atomic mass is 9.94. The highest BCUT2D eigenvalue weighted by Crippen LogP contribution is 2.18. The van der Waals surface area contributed by atoms with Gasteiger partial charge in [-0.1, -0.05) is 6.92 Å². The molecule has 0 saturated carbocycles. The number of ether oxygens (including phenoxy) is 1. The highest BCUT2D eigenvalue weighted by atomic mass is 16.5. The van der Waals surface area contributed by atoms with Crippen LogP contribution in [0.3, 0.4) is 0 Å². The van der Waals surface area contributed by atoms with Gasteiger partial charge < -0.3 is 20.7 Å². The first kappa shape index (κ1) is 16.4. The molecule has 2 atom stereocenters. The number of likely N-dealkylation sites (N-methyl/N-ethyl adjacent to an activating group) is 1. The van der Waals surface area contributed by atoms with Gasteiger partial charge in [0.25, 0.3) is 0 Å². The summed E-state index contributed by atoms with van der Waals surface area (Å²) in [6, 6.07) is 0. The highest BCUT2D eigenvalue weighted by molar-refractivity contribution is 5.84. The third kappa shape index (κ3) is 5.09. The summed E-state index contributed by atoms with van der Waals surface area (Å²) in [4.78, 5) is 14.0. The zero-order chi connectivity index (χ0) is 14.3. The number of primary amides is 1. The SMILES string of the molecule is CCNC(C)(CCN1CCCC(COC)C1)C(N)=O. The lowest BCUT2D eigenvalue weighted by Gasteiger charge is -2.35. The molecule has 1 rings (SSSR count). The molecular formula is C14H29N3O2. The maximum atomic E-state index is 11.6. The van der Waals surface area contributed by atoms with Gasteiger partial charge in [0.2, 0.25) is 5.91 Å². The fraction of sp³-hybridized carbons (Fsp3) is 0.929. The Balaban J connectivity index is 2.43. The van der Waals surface area contributed by atoms with Gasteiger partial charge in [0.05, 0.1) is 12.1 Å². The predicted molar refractivity (Wildman–Crippen MR) is 76.9 cm³/mol. The van der Waals surface area contributed by atoms with Crippen LogP contribution in [0, 0.1) is 5.92 Å². The van der Waals surface area contributed by atoms with Crippen LogP contribution >= 0.6 is 0 Å². The molecule has 1 aliphatic rings. The molecule has 1 saturated heterocycles. The quantitative estimate of drug-likeness (QED) is 0.678. The number of carbonyl (C=O) groups excluding carboxylic acids is 1. The summed E-state index contributed by atoms with van der Waals surface area (Å²) < 4.78 is 5.24. The van der Waals surface area contributed by atoms with Crippen LogP contribution in [0.5, 0.6) is 0 Å². The van der Waals surface area contributed by atoms with Crippen molar-refractivity contribution in [1.29, 1.82) is 0 Å². The average Bonchev–Trinajstić information content (AvgIpc) is 2.37. The molecular weight excluding hydrogens is 242 g/mol. The number of amides is 1. The number of likely N-dealkylation sites (tertiary alicyclic amines) is 1. The summed E-state index contributed by atoms with van der Waals surface area (Å²) in [5.74, 6) is 0.359. The first-order chi connectivity index (χ1) is 9.01. The second-order valence-corrected chi connectivity index (χ2v) is 5.74. The Morgan fingerprint density at radius 3 is 2.89 bits per heavy atom. The lowest BCUT2D eigenvalue weighted by molar-refractivity contribution is -0.124. The normalized spacial score (nSPS) is 24.1. The molecule has 0 aromatic rings. The summed E-state index contributed by atoms with van der Waals surface area (Å²) in [5.41, 5.74) is 4.91. The number of piperidine rings is 1. The maximum Gasteiger partial charge on any atom is 0.237 e. The maximum absolute atomic E-state index is 11.6. The number of carbonyl (C=O) groups is 1. The first-order valence-corrected chi connectivity index (χ1v) is 7.28. The van der Waals surface area contributed by atoms with Crippen LogP contribution in [-0.4, -0.2) is 56.2 Å². The van der Waals surface area contributed by atoms with E-state index >= 15 is 0 Å². The second kappa shape index (κ2) is 7.82. The predicted octanol–water partition coefficient (Wildman–Crippen LogP) is 0.588. The summed E-state index contributed by atoms with van der Waals surface area (Å²) in [6.45, 7) is 8.57. The Morgan fingerprint density at radius 2 is 2.32 bits per heavy atom. The van der Waals surface area contributed by atoms with Gasteiger partial charge in [-0.25, -0.2) is 0 Å². The topological polar surface area (TPSA) is 67.6 Å². The molecule has 0 aromatic heterocycles. The molecule has 2 unspecified atom stereocenters. The Hall–Kier alpha value is -0.650. The molecule has 1 fully saturated rings. The van der Waals surface area contributed by atoms with Crippen LogP contribution in [0.15, 0.2) is 0 Å². The number of hydrogen-bond donors (Lipinski definition) is 2. The number of hydrogen-bond acceptors (Lipinski definition) is 4. The van der Waals surface area contributed by atoms with Crippen LogP contribution in [-0.2, 0) is 9.53 Å². The third-order valence-corrected chi connectivity index (χ3v) is 4.04. The van der Waals surface area contributed by atoms with E-state index < -0.39 is 5.54 Å². The van der Waals surface area contributed by atoms with Crippen molar-refractivity contribution in [3.05, 3.63) is 0 Å². The molecule has 1 amide bonds. The molecule has 1 aliphatic heterocycles. The van der Waals surface area contributed by atoms with E-state index in [0.29, 0.717) is 5.92 Å². The van der Waals surface area contributed by atoms with Gasteiger partial charge in [-0.05, 0) is 45.2 Å². The number of nitrogens with one attached hydrogen (secondary N) is 1. The van der Waals surface area contributed by atoms with Gasteiger partial charge in [0.15, 0.2) is 0 Å². The van der Waals surface area contributed by atoms with Crippen LogP contribution in [0.4, 0.5) is 0 Å². The fourth-order valence-corrected chi connectivity index (χ4v) is 2.80. The zero-order valence-electron chi connectivity index (χ0n) is 12.6. The van der Waals surface area contributed by atoms with E-state index in [9.17, 15) is 4.79 Å². The Labute approximate surface area is 116 Å². The van der Waals surface area contributed by atoms with Crippen LogP contribution < -0.4 is 11.1 Å². The van der Waals surface area contributed by atoms with Crippen molar-refractivity contribution in [3.63, 3.8) is 0 Å². The van der Waals surface area contributed by atoms with Crippen molar-refractivity contribution < 1.29 is 9.53 Å². The van der Waals surface area contributed by atoms with Crippen molar-refractivity contribution in [2.75, 3.05) is 39.9 Å². The lowest BCUT2D eigenvalue weighted by Crippen LogP contribution is -2.55. The summed E-state index contributed by atoms with van der Waals surface area (Å²) in [5, 5.41) is 3.21. The summed E-state index contributed by atoms with van der Waals surface area (Å²) in [6.07, 6.45) is 3.21. The number of methoxy groups -OCH3 is 1. The molecule has 1 heterocycles. The molecule has 0 spiro atoms. The minimum Gasteiger partial charge on any atom is -0.384 e. The smallest absolute Gasteiger partial charge is 0.237 e. The van der Waals surface area contributed by atoms with E-state index in [0.717, 1.165) is 39.2 Å². The average molecular weight is 271 g/mol. The van der Waals surface area contributed by atoms with Gasteiger partial charge in [-0.3, -0.25) is 4.79 Å².